The molecule has 0 spiro atoms. The molecule has 5 heteroatoms. The molecule has 1 heterocycles. The third kappa shape index (κ3) is 3.57. The fourth-order valence-corrected chi connectivity index (χ4v) is 2.18. The highest BCUT2D eigenvalue weighted by atomic mass is 16.1. The first-order chi connectivity index (χ1) is 9.72. The van der Waals surface area contributed by atoms with E-state index in [4.69, 9.17) is 0 Å². The van der Waals surface area contributed by atoms with E-state index < -0.39 is 0 Å². The molecular formula is C15H22N4O. The summed E-state index contributed by atoms with van der Waals surface area (Å²) < 4.78 is 1.89. The molecule has 1 aromatic heterocycles. The lowest BCUT2D eigenvalue weighted by Gasteiger charge is -2.04. The average Bonchev–Trinajstić information content (AvgIpc) is 2.79. The Morgan fingerprint density at radius 3 is 2.90 bits per heavy atom. The van der Waals surface area contributed by atoms with Crippen LogP contribution < -0.4 is 10.6 Å². The van der Waals surface area contributed by atoms with Gasteiger partial charge in [0.2, 0.25) is 5.91 Å². The van der Waals surface area contributed by atoms with Crippen LogP contribution >= 0.6 is 0 Å². The predicted molar refractivity (Wildman–Crippen MR) is 80.3 cm³/mol. The van der Waals surface area contributed by atoms with Crippen LogP contribution in [-0.2, 0) is 18.4 Å². The van der Waals surface area contributed by atoms with Crippen molar-refractivity contribution in [2.24, 2.45) is 7.05 Å². The summed E-state index contributed by atoms with van der Waals surface area (Å²) in [5.41, 5.74) is 2.15. The van der Waals surface area contributed by atoms with Crippen LogP contribution in [0.1, 0.15) is 25.5 Å². The van der Waals surface area contributed by atoms with Gasteiger partial charge in [0.25, 0.3) is 0 Å². The first kappa shape index (κ1) is 14.5. The molecule has 108 valence electrons. The van der Waals surface area contributed by atoms with E-state index in [1.54, 1.807) is 0 Å². The van der Waals surface area contributed by atoms with Crippen LogP contribution in [0, 0.1) is 0 Å². The van der Waals surface area contributed by atoms with Gasteiger partial charge in [0.15, 0.2) is 0 Å². The minimum Gasteiger partial charge on any atom is -0.356 e. The monoisotopic (exact) mass is 274 g/mol. The van der Waals surface area contributed by atoms with Crippen molar-refractivity contribution in [3.05, 3.63) is 30.0 Å². The molecule has 2 N–H and O–H groups in total. The number of hydrogen-bond donors (Lipinski definition) is 2. The molecule has 1 aromatic carbocycles. The molecule has 0 aliphatic carbocycles. The lowest BCUT2D eigenvalue weighted by molar-refractivity contribution is -0.120. The maximum atomic E-state index is 11.5. The third-order valence-electron chi connectivity index (χ3n) is 3.23. The first-order valence-corrected chi connectivity index (χ1v) is 7.10. The summed E-state index contributed by atoms with van der Waals surface area (Å²) in [5.74, 6) is 0.102. The largest absolute Gasteiger partial charge is 0.356 e. The van der Waals surface area contributed by atoms with Crippen molar-refractivity contribution in [2.45, 2.75) is 26.3 Å². The molecule has 2 aromatic rings. The molecule has 2 rings (SSSR count). The summed E-state index contributed by atoms with van der Waals surface area (Å²) in [6.45, 7) is 4.15. The molecule has 5 nitrogen and oxygen atoms in total. The third-order valence-corrected chi connectivity index (χ3v) is 3.23. The maximum Gasteiger partial charge on any atom is 0.221 e. The Bertz CT molecular complexity index is 576. The number of hydrogen-bond acceptors (Lipinski definition) is 3. The zero-order valence-electron chi connectivity index (χ0n) is 12.1. The highest BCUT2D eigenvalue weighted by Gasteiger charge is 2.07. The summed E-state index contributed by atoms with van der Waals surface area (Å²) in [6, 6.07) is 8.17. The van der Waals surface area contributed by atoms with Crippen LogP contribution in [-0.4, -0.2) is 28.8 Å². The van der Waals surface area contributed by atoms with Gasteiger partial charge in [-0.3, -0.25) is 9.48 Å². The number of carbonyl (C=O) groups excluding carboxylic acids is 1. The van der Waals surface area contributed by atoms with Crippen LogP contribution in [0.25, 0.3) is 10.9 Å². The van der Waals surface area contributed by atoms with E-state index in [0.29, 0.717) is 19.5 Å². The number of nitrogens with one attached hydrogen (secondary N) is 2. The van der Waals surface area contributed by atoms with E-state index in [2.05, 4.69) is 27.9 Å². The zero-order chi connectivity index (χ0) is 14.4. The molecule has 1 amide bonds. The highest BCUT2D eigenvalue weighted by molar-refractivity contribution is 5.81. The molecule has 0 unspecified atom stereocenters. The molecule has 0 radical (unpaired) electrons. The van der Waals surface area contributed by atoms with E-state index in [1.807, 2.05) is 30.8 Å². The quantitative estimate of drug-likeness (QED) is 0.754. The molecule has 0 aliphatic rings. The smallest absolute Gasteiger partial charge is 0.221 e. The van der Waals surface area contributed by atoms with Gasteiger partial charge in [-0.1, -0.05) is 25.1 Å². The molecule has 0 fully saturated rings. The summed E-state index contributed by atoms with van der Waals surface area (Å²) in [4.78, 5) is 11.5. The standard InChI is InChI=1S/C15H22N4O/c1-3-9-17-15(20)8-10-16-11-13-12-6-4-5-7-14(12)19(2)18-13/h4-7,16H,3,8-11H2,1-2H3,(H,17,20). The van der Waals surface area contributed by atoms with Crippen molar-refractivity contribution in [3.63, 3.8) is 0 Å². The lowest BCUT2D eigenvalue weighted by atomic mass is 10.2. The Hall–Kier alpha value is -1.88. The minimum atomic E-state index is 0.102. The highest BCUT2D eigenvalue weighted by Crippen LogP contribution is 2.16. The number of rotatable bonds is 7. The molecular weight excluding hydrogens is 252 g/mol. The first-order valence-electron chi connectivity index (χ1n) is 7.10. The summed E-state index contributed by atoms with van der Waals surface area (Å²) >= 11 is 0. The molecule has 0 saturated heterocycles. The average molecular weight is 274 g/mol. The van der Waals surface area contributed by atoms with E-state index in [0.717, 1.165) is 29.6 Å². The number of fused-ring (bicyclic) bond motifs is 1. The van der Waals surface area contributed by atoms with Gasteiger partial charge >= 0.3 is 0 Å². The minimum absolute atomic E-state index is 0.102. The van der Waals surface area contributed by atoms with Gasteiger partial charge in [-0.25, -0.2) is 0 Å². The molecule has 0 bridgehead atoms. The number of aromatic nitrogens is 2. The van der Waals surface area contributed by atoms with Gasteiger partial charge < -0.3 is 10.6 Å². The lowest BCUT2D eigenvalue weighted by Crippen LogP contribution is -2.28. The van der Waals surface area contributed by atoms with Crippen molar-refractivity contribution in [2.75, 3.05) is 13.1 Å². The van der Waals surface area contributed by atoms with Crippen molar-refractivity contribution >= 4 is 16.8 Å². The molecule has 0 saturated carbocycles. The maximum absolute atomic E-state index is 11.5. The van der Waals surface area contributed by atoms with Crippen molar-refractivity contribution in [1.82, 2.24) is 20.4 Å². The van der Waals surface area contributed by atoms with Crippen LogP contribution in [0.5, 0.6) is 0 Å². The fraction of sp³-hybridized carbons (Fsp3) is 0.467. The number of benzene rings is 1. The Morgan fingerprint density at radius 1 is 1.30 bits per heavy atom. The van der Waals surface area contributed by atoms with E-state index in [9.17, 15) is 4.79 Å². The number of para-hydroxylation sites is 1. The number of amides is 1. The number of aryl methyl sites for hydroxylation is 1. The Labute approximate surface area is 119 Å². The predicted octanol–water partition coefficient (Wildman–Crippen LogP) is 1.58. The summed E-state index contributed by atoms with van der Waals surface area (Å²) in [5, 5.41) is 11.8. The fourth-order valence-electron chi connectivity index (χ4n) is 2.18. The normalized spacial score (nSPS) is 10.9. The molecule has 0 aliphatic heterocycles. The second kappa shape index (κ2) is 7.05. The van der Waals surface area contributed by atoms with Crippen LogP contribution in [0.4, 0.5) is 0 Å². The van der Waals surface area contributed by atoms with Crippen LogP contribution in [0.3, 0.4) is 0 Å². The van der Waals surface area contributed by atoms with E-state index in [1.165, 1.54) is 0 Å². The Morgan fingerprint density at radius 2 is 2.10 bits per heavy atom. The zero-order valence-corrected chi connectivity index (χ0v) is 12.1. The second-order valence-electron chi connectivity index (χ2n) is 4.86. The van der Waals surface area contributed by atoms with Gasteiger partial charge in [-0.05, 0) is 12.5 Å². The van der Waals surface area contributed by atoms with Crippen molar-refractivity contribution < 1.29 is 4.79 Å². The topological polar surface area (TPSA) is 59.0 Å². The molecule has 0 atom stereocenters. The summed E-state index contributed by atoms with van der Waals surface area (Å²) in [7, 11) is 1.95. The van der Waals surface area contributed by atoms with E-state index >= 15 is 0 Å². The van der Waals surface area contributed by atoms with Crippen molar-refractivity contribution in [3.8, 4) is 0 Å². The second-order valence-corrected chi connectivity index (χ2v) is 4.86. The van der Waals surface area contributed by atoms with Gasteiger partial charge in [0.05, 0.1) is 11.2 Å². The molecule has 20 heavy (non-hydrogen) atoms. The number of carbonyl (C=O) groups is 1. The van der Waals surface area contributed by atoms with Crippen LogP contribution in [0.15, 0.2) is 24.3 Å². The van der Waals surface area contributed by atoms with Crippen molar-refractivity contribution in [1.29, 1.82) is 0 Å². The Kier molecular flexibility index (Phi) is 5.12. The van der Waals surface area contributed by atoms with E-state index in [-0.39, 0.29) is 5.91 Å². The number of nitrogens with zero attached hydrogens (tertiary/aromatic N) is 2. The summed E-state index contributed by atoms with van der Waals surface area (Å²) in [6.07, 6.45) is 1.48. The van der Waals surface area contributed by atoms with Crippen LogP contribution in [0.2, 0.25) is 0 Å². The Balaban J connectivity index is 1.83. The van der Waals surface area contributed by atoms with Gasteiger partial charge in [-0.15, -0.1) is 0 Å². The SMILES string of the molecule is CCCNC(=O)CCNCc1nn(C)c2ccccc12. The van der Waals surface area contributed by atoms with Gasteiger partial charge in [0, 0.05) is 38.5 Å². The van der Waals surface area contributed by atoms with Gasteiger partial charge in [0.1, 0.15) is 0 Å². The van der Waals surface area contributed by atoms with Gasteiger partial charge in [-0.2, -0.15) is 5.10 Å².